The molecule has 2 heterocycles. The molecule has 0 bridgehead atoms. The van der Waals surface area contributed by atoms with Gasteiger partial charge < -0.3 is 20.4 Å². The molecule has 2 atom stereocenters. The van der Waals surface area contributed by atoms with Crippen LogP contribution in [0.2, 0.25) is 0 Å². The predicted molar refractivity (Wildman–Crippen MR) is 142 cm³/mol. The summed E-state index contributed by atoms with van der Waals surface area (Å²) in [5.74, 6) is 0.0604. The van der Waals surface area contributed by atoms with Gasteiger partial charge in [-0.1, -0.05) is 39.0 Å². The molecule has 0 aromatic carbocycles. The van der Waals surface area contributed by atoms with Gasteiger partial charge in [0.1, 0.15) is 11.4 Å². The van der Waals surface area contributed by atoms with E-state index in [1.165, 1.54) is 0 Å². The van der Waals surface area contributed by atoms with Crippen LogP contribution in [-0.4, -0.2) is 62.2 Å². The molecule has 4 rings (SSSR count). The van der Waals surface area contributed by atoms with Gasteiger partial charge in [0.05, 0.1) is 12.0 Å². The number of carbonyl (C=O) groups is 2. The molecule has 1 unspecified atom stereocenters. The van der Waals surface area contributed by atoms with Crippen molar-refractivity contribution in [3.63, 3.8) is 0 Å². The molecule has 3 N–H and O–H groups in total. The second-order valence-electron chi connectivity index (χ2n) is 11.6. The van der Waals surface area contributed by atoms with Crippen LogP contribution in [0.3, 0.4) is 0 Å². The zero-order valence-corrected chi connectivity index (χ0v) is 22.4. The first kappa shape index (κ1) is 27.2. The number of carbonyl (C=O) groups excluding carboxylic acids is 2. The summed E-state index contributed by atoms with van der Waals surface area (Å²) in [6, 6.07) is 3.53. The molecule has 1 spiro atoms. The van der Waals surface area contributed by atoms with E-state index in [-0.39, 0.29) is 42.2 Å². The number of pyridine rings is 1. The summed E-state index contributed by atoms with van der Waals surface area (Å²) < 4.78 is 0. The van der Waals surface area contributed by atoms with Crippen LogP contribution in [0.1, 0.15) is 71.8 Å². The van der Waals surface area contributed by atoms with Gasteiger partial charge in [0.2, 0.25) is 5.91 Å². The number of rotatable bonds is 7. The Morgan fingerprint density at radius 2 is 2.00 bits per heavy atom. The van der Waals surface area contributed by atoms with Gasteiger partial charge in [0.15, 0.2) is 6.29 Å². The molecule has 200 valence electrons. The van der Waals surface area contributed by atoms with E-state index in [0.717, 1.165) is 36.8 Å². The number of hydrogen-bond acceptors (Lipinski definition) is 6. The van der Waals surface area contributed by atoms with Crippen LogP contribution in [0.15, 0.2) is 53.3 Å². The third kappa shape index (κ3) is 5.85. The summed E-state index contributed by atoms with van der Waals surface area (Å²) in [6.45, 7) is 9.13. The Bertz CT molecular complexity index is 1080. The average Bonchev–Trinajstić information content (AvgIpc) is 3.14. The Labute approximate surface area is 219 Å². The summed E-state index contributed by atoms with van der Waals surface area (Å²) in [5, 5.41) is 20.7. The lowest BCUT2D eigenvalue weighted by molar-refractivity contribution is -0.131. The topological polar surface area (TPSA) is 115 Å². The molecule has 1 aliphatic heterocycles. The van der Waals surface area contributed by atoms with Crippen LogP contribution in [0.25, 0.3) is 0 Å². The van der Waals surface area contributed by atoms with Crippen molar-refractivity contribution in [3.8, 4) is 0 Å². The molecule has 1 saturated carbocycles. The number of aliphatic imine (C=N–C) groups is 1. The highest BCUT2D eigenvalue weighted by atomic mass is 16.5. The molecule has 1 fully saturated rings. The molecule has 0 radical (unpaired) electrons. The van der Waals surface area contributed by atoms with Crippen LogP contribution in [0, 0.1) is 17.3 Å². The zero-order chi connectivity index (χ0) is 26.8. The standard InChI is InChI=1S/C29H40N4O4/c1-19(20-7-9-21(10-8-20)26(36)31-17-13-24(34)35)33-27(37)25(22-6-5-16-30-18-22)32-29(33)14-11-23(12-15-29)28(2,3)4/h5-9,16,18-19,21,23-24,34-35H,10-15,17H2,1-4H3,(H,31,36)/t19-,21?,23?,29?/m1/s1. The number of hydrogen-bond donors (Lipinski definition) is 3. The van der Waals surface area contributed by atoms with E-state index in [1.54, 1.807) is 12.4 Å². The first-order valence-electron chi connectivity index (χ1n) is 13.4. The third-order valence-corrected chi connectivity index (χ3v) is 8.17. The highest BCUT2D eigenvalue weighted by Crippen LogP contribution is 2.48. The average molecular weight is 509 g/mol. The number of nitrogens with one attached hydrogen (secondary N) is 1. The van der Waals surface area contributed by atoms with Gasteiger partial charge in [-0.2, -0.15) is 0 Å². The van der Waals surface area contributed by atoms with E-state index >= 15 is 0 Å². The summed E-state index contributed by atoms with van der Waals surface area (Å²) in [4.78, 5) is 37.7. The fourth-order valence-electron chi connectivity index (χ4n) is 5.88. The predicted octanol–water partition coefficient (Wildman–Crippen LogP) is 3.35. The van der Waals surface area contributed by atoms with Crippen LogP contribution in [0.5, 0.6) is 0 Å². The Kier molecular flexibility index (Phi) is 7.99. The van der Waals surface area contributed by atoms with E-state index in [4.69, 9.17) is 15.2 Å². The van der Waals surface area contributed by atoms with Crippen molar-refractivity contribution >= 4 is 17.5 Å². The largest absolute Gasteiger partial charge is 0.368 e. The molecule has 2 amide bonds. The van der Waals surface area contributed by atoms with Gasteiger partial charge in [-0.15, -0.1) is 0 Å². The van der Waals surface area contributed by atoms with Crippen LogP contribution < -0.4 is 5.32 Å². The third-order valence-electron chi connectivity index (χ3n) is 8.17. The Morgan fingerprint density at radius 1 is 1.27 bits per heavy atom. The molecule has 3 aliphatic rings. The molecule has 37 heavy (non-hydrogen) atoms. The molecule has 1 aromatic heterocycles. The van der Waals surface area contributed by atoms with Gasteiger partial charge >= 0.3 is 0 Å². The molecule has 2 aliphatic carbocycles. The van der Waals surface area contributed by atoms with Crippen molar-refractivity contribution in [2.24, 2.45) is 22.2 Å². The van der Waals surface area contributed by atoms with Crippen molar-refractivity contribution in [3.05, 3.63) is 53.9 Å². The van der Waals surface area contributed by atoms with Crippen molar-refractivity contribution in [2.75, 3.05) is 6.54 Å². The van der Waals surface area contributed by atoms with Crippen molar-refractivity contribution in [2.45, 2.75) is 84.2 Å². The smallest absolute Gasteiger partial charge is 0.275 e. The number of nitrogens with zero attached hydrogens (tertiary/aromatic N) is 3. The fraction of sp³-hybridized carbons (Fsp3) is 0.586. The van der Waals surface area contributed by atoms with Crippen LogP contribution in [-0.2, 0) is 9.59 Å². The normalized spacial score (nSPS) is 26.9. The number of aliphatic hydroxyl groups excluding tert-OH is 1. The van der Waals surface area contributed by atoms with E-state index in [1.807, 2.05) is 35.3 Å². The summed E-state index contributed by atoms with van der Waals surface area (Å²) >= 11 is 0. The second kappa shape index (κ2) is 10.9. The monoisotopic (exact) mass is 508 g/mol. The molecular formula is C29H40N4O4. The maximum Gasteiger partial charge on any atom is 0.275 e. The van der Waals surface area contributed by atoms with E-state index < -0.39 is 12.0 Å². The maximum atomic E-state index is 13.9. The number of aromatic nitrogens is 1. The van der Waals surface area contributed by atoms with Crippen LogP contribution >= 0.6 is 0 Å². The Hall–Kier alpha value is -2.84. The molecule has 1 aromatic rings. The summed E-state index contributed by atoms with van der Waals surface area (Å²) in [7, 11) is 0. The Balaban J connectivity index is 1.53. The van der Waals surface area contributed by atoms with Crippen molar-refractivity contribution < 1.29 is 19.8 Å². The molecular weight excluding hydrogens is 468 g/mol. The van der Waals surface area contributed by atoms with Gasteiger partial charge in [-0.25, -0.2) is 0 Å². The maximum absolute atomic E-state index is 13.9. The number of aliphatic hydroxyl groups is 2. The lowest BCUT2D eigenvalue weighted by atomic mass is 9.69. The molecule has 0 saturated heterocycles. The van der Waals surface area contributed by atoms with Gasteiger partial charge in [0, 0.05) is 30.9 Å². The lowest BCUT2D eigenvalue weighted by Crippen LogP contribution is -2.54. The van der Waals surface area contributed by atoms with Crippen molar-refractivity contribution in [1.29, 1.82) is 0 Å². The lowest BCUT2D eigenvalue weighted by Gasteiger charge is -2.47. The minimum atomic E-state index is -1.43. The van der Waals surface area contributed by atoms with Gasteiger partial charge in [-0.05, 0) is 68.1 Å². The van der Waals surface area contributed by atoms with Crippen LogP contribution in [0.4, 0.5) is 0 Å². The minimum absolute atomic E-state index is 0.0635. The summed E-state index contributed by atoms with van der Waals surface area (Å²) in [5.41, 5.74) is 1.88. The fourth-order valence-corrected chi connectivity index (χ4v) is 5.88. The van der Waals surface area contributed by atoms with E-state index in [0.29, 0.717) is 18.1 Å². The number of allylic oxidation sites excluding steroid dienone is 1. The quantitative estimate of drug-likeness (QED) is 0.489. The van der Waals surface area contributed by atoms with Gasteiger partial charge in [0.25, 0.3) is 5.91 Å². The first-order valence-corrected chi connectivity index (χ1v) is 13.4. The zero-order valence-electron chi connectivity index (χ0n) is 22.4. The first-order chi connectivity index (χ1) is 17.5. The van der Waals surface area contributed by atoms with Gasteiger partial charge in [-0.3, -0.25) is 19.6 Å². The Morgan fingerprint density at radius 3 is 2.57 bits per heavy atom. The highest BCUT2D eigenvalue weighted by Gasteiger charge is 2.52. The SMILES string of the molecule is C[C@H](C1=CCC(C(=O)NCCC(O)O)C=C1)N1C(=O)C(c2cccnc2)=NC12CCC(C(C)(C)C)CC2. The molecule has 8 nitrogen and oxygen atoms in total. The minimum Gasteiger partial charge on any atom is -0.368 e. The van der Waals surface area contributed by atoms with Crippen molar-refractivity contribution in [1.82, 2.24) is 15.2 Å². The summed E-state index contributed by atoms with van der Waals surface area (Å²) in [6.07, 6.45) is 12.1. The number of amides is 2. The van der Waals surface area contributed by atoms with E-state index in [9.17, 15) is 9.59 Å². The van der Waals surface area contributed by atoms with E-state index in [2.05, 4.69) is 38.0 Å². The highest BCUT2D eigenvalue weighted by molar-refractivity contribution is 6.46. The molecule has 8 heteroatoms. The second-order valence-corrected chi connectivity index (χ2v) is 11.6.